The van der Waals surface area contributed by atoms with Crippen LogP contribution in [0.5, 0.6) is 0 Å². The van der Waals surface area contributed by atoms with Crippen molar-refractivity contribution in [1.82, 2.24) is 9.88 Å². The van der Waals surface area contributed by atoms with Crippen LogP contribution in [0.4, 0.5) is 0 Å². The van der Waals surface area contributed by atoms with Crippen molar-refractivity contribution in [2.75, 3.05) is 13.2 Å². The van der Waals surface area contributed by atoms with E-state index in [1.807, 2.05) is 31.3 Å². The van der Waals surface area contributed by atoms with Crippen LogP contribution in [0.1, 0.15) is 15.4 Å². The molecule has 0 aliphatic heterocycles. The van der Waals surface area contributed by atoms with Gasteiger partial charge in [-0.1, -0.05) is 30.3 Å². The molecular formula is C14H18N2OS. The predicted octanol–water partition coefficient (Wildman–Crippen LogP) is 2.45. The molecule has 0 radical (unpaired) electrons. The van der Waals surface area contributed by atoms with Gasteiger partial charge in [0.2, 0.25) is 0 Å². The number of benzene rings is 1. The highest BCUT2D eigenvalue weighted by Gasteiger charge is 2.08. The van der Waals surface area contributed by atoms with E-state index in [0.29, 0.717) is 6.54 Å². The van der Waals surface area contributed by atoms with Gasteiger partial charge in [0.1, 0.15) is 0 Å². The fourth-order valence-corrected chi connectivity index (χ4v) is 2.73. The van der Waals surface area contributed by atoms with Crippen molar-refractivity contribution in [3.63, 3.8) is 0 Å². The molecule has 3 nitrogen and oxygen atoms in total. The number of thiazole rings is 1. The van der Waals surface area contributed by atoms with E-state index in [1.54, 1.807) is 11.3 Å². The molecule has 96 valence electrons. The van der Waals surface area contributed by atoms with E-state index >= 15 is 0 Å². The van der Waals surface area contributed by atoms with E-state index in [0.717, 1.165) is 18.1 Å². The Morgan fingerprint density at radius 2 is 2.00 bits per heavy atom. The Kier molecular flexibility index (Phi) is 4.87. The zero-order valence-corrected chi connectivity index (χ0v) is 11.4. The number of aryl methyl sites for hydroxylation is 1. The second-order valence-corrected chi connectivity index (χ2v) is 5.58. The molecule has 0 saturated heterocycles. The van der Waals surface area contributed by atoms with Gasteiger partial charge in [0, 0.05) is 30.7 Å². The molecule has 0 spiro atoms. The van der Waals surface area contributed by atoms with Gasteiger partial charge in [0.15, 0.2) is 0 Å². The van der Waals surface area contributed by atoms with Crippen molar-refractivity contribution >= 4 is 11.3 Å². The Bertz CT molecular complexity index is 470. The summed E-state index contributed by atoms with van der Waals surface area (Å²) >= 11 is 1.72. The van der Waals surface area contributed by atoms with Crippen molar-refractivity contribution < 1.29 is 5.11 Å². The normalized spacial score (nSPS) is 11.1. The minimum absolute atomic E-state index is 0.185. The van der Waals surface area contributed by atoms with Crippen LogP contribution in [0.2, 0.25) is 0 Å². The fraction of sp³-hybridized carbons (Fsp3) is 0.357. The van der Waals surface area contributed by atoms with Crippen LogP contribution in [0.25, 0.3) is 0 Å². The van der Waals surface area contributed by atoms with Gasteiger partial charge in [-0.05, 0) is 12.5 Å². The Morgan fingerprint density at radius 1 is 1.22 bits per heavy atom. The van der Waals surface area contributed by atoms with E-state index in [1.165, 1.54) is 10.4 Å². The molecule has 1 heterocycles. The maximum absolute atomic E-state index is 9.14. The highest BCUT2D eigenvalue weighted by molar-refractivity contribution is 7.11. The summed E-state index contributed by atoms with van der Waals surface area (Å²) in [4.78, 5) is 7.75. The highest BCUT2D eigenvalue weighted by Crippen LogP contribution is 2.15. The smallest absolute Gasteiger partial charge is 0.0897 e. The van der Waals surface area contributed by atoms with Crippen LogP contribution in [0, 0.1) is 6.92 Å². The van der Waals surface area contributed by atoms with E-state index in [4.69, 9.17) is 5.11 Å². The van der Waals surface area contributed by atoms with Crippen molar-refractivity contribution in [1.29, 1.82) is 0 Å². The lowest BCUT2D eigenvalue weighted by atomic mass is 10.2. The van der Waals surface area contributed by atoms with Gasteiger partial charge in [-0.25, -0.2) is 4.98 Å². The number of aromatic nitrogens is 1. The first-order chi connectivity index (χ1) is 8.78. The molecule has 0 aliphatic carbocycles. The largest absolute Gasteiger partial charge is 0.395 e. The highest BCUT2D eigenvalue weighted by atomic mass is 32.1. The molecule has 1 aromatic carbocycles. The molecule has 2 aromatic rings. The van der Waals surface area contributed by atoms with E-state index < -0.39 is 0 Å². The first kappa shape index (κ1) is 13.2. The quantitative estimate of drug-likeness (QED) is 0.868. The first-order valence-corrected chi connectivity index (χ1v) is 6.88. The Labute approximate surface area is 112 Å². The average Bonchev–Trinajstić information content (AvgIpc) is 2.76. The topological polar surface area (TPSA) is 36.4 Å². The SMILES string of the molecule is Cc1ncc(CN(CCO)Cc2ccccc2)s1. The molecule has 4 heteroatoms. The van der Waals surface area contributed by atoms with Gasteiger partial charge in [-0.2, -0.15) is 0 Å². The van der Waals surface area contributed by atoms with E-state index in [9.17, 15) is 0 Å². The number of aliphatic hydroxyl groups excluding tert-OH is 1. The third-order valence-corrected chi connectivity index (χ3v) is 3.61. The van der Waals surface area contributed by atoms with Crippen molar-refractivity contribution in [3.8, 4) is 0 Å². The molecule has 18 heavy (non-hydrogen) atoms. The minimum atomic E-state index is 0.185. The predicted molar refractivity (Wildman–Crippen MR) is 74.5 cm³/mol. The van der Waals surface area contributed by atoms with Gasteiger partial charge >= 0.3 is 0 Å². The van der Waals surface area contributed by atoms with Crippen molar-refractivity contribution in [2.45, 2.75) is 20.0 Å². The monoisotopic (exact) mass is 262 g/mol. The Balaban J connectivity index is 1.99. The van der Waals surface area contributed by atoms with Crippen LogP contribution in [0.15, 0.2) is 36.5 Å². The van der Waals surface area contributed by atoms with Gasteiger partial charge < -0.3 is 5.11 Å². The van der Waals surface area contributed by atoms with Crippen LogP contribution >= 0.6 is 11.3 Å². The lowest BCUT2D eigenvalue weighted by Crippen LogP contribution is -2.25. The summed E-state index contributed by atoms with van der Waals surface area (Å²) in [5.41, 5.74) is 1.27. The maximum Gasteiger partial charge on any atom is 0.0897 e. The molecule has 0 unspecified atom stereocenters. The summed E-state index contributed by atoms with van der Waals surface area (Å²) in [7, 11) is 0. The molecule has 0 aliphatic rings. The molecule has 0 fully saturated rings. The molecule has 0 amide bonds. The molecule has 0 saturated carbocycles. The summed E-state index contributed by atoms with van der Waals surface area (Å²) in [6.07, 6.45) is 1.93. The molecule has 2 rings (SSSR count). The standard InChI is InChI=1S/C14H18N2OS/c1-12-15-9-14(18-12)11-16(7-8-17)10-13-5-3-2-4-6-13/h2-6,9,17H,7-8,10-11H2,1H3. The van der Waals surface area contributed by atoms with Crippen LogP contribution in [0.3, 0.4) is 0 Å². The number of rotatable bonds is 6. The van der Waals surface area contributed by atoms with E-state index in [-0.39, 0.29) is 6.61 Å². The number of hydrogen-bond donors (Lipinski definition) is 1. The molecule has 1 N–H and O–H groups in total. The Morgan fingerprint density at radius 3 is 2.61 bits per heavy atom. The van der Waals surface area contributed by atoms with Gasteiger partial charge in [-0.3, -0.25) is 4.90 Å². The molecule has 1 aromatic heterocycles. The summed E-state index contributed by atoms with van der Waals surface area (Å²) in [5.74, 6) is 0. The lowest BCUT2D eigenvalue weighted by Gasteiger charge is -2.20. The van der Waals surface area contributed by atoms with Gasteiger partial charge in [0.05, 0.1) is 11.6 Å². The summed E-state index contributed by atoms with van der Waals surface area (Å²) in [6.45, 7) is 4.59. The zero-order chi connectivity index (χ0) is 12.8. The second-order valence-electron chi connectivity index (χ2n) is 4.27. The van der Waals surface area contributed by atoms with Crippen LogP contribution in [-0.4, -0.2) is 28.1 Å². The van der Waals surface area contributed by atoms with Gasteiger partial charge in [0.25, 0.3) is 0 Å². The third-order valence-electron chi connectivity index (χ3n) is 2.71. The third kappa shape index (κ3) is 3.91. The van der Waals surface area contributed by atoms with E-state index in [2.05, 4.69) is 22.0 Å². The summed E-state index contributed by atoms with van der Waals surface area (Å²) < 4.78 is 0. The minimum Gasteiger partial charge on any atom is -0.395 e. The number of nitrogens with zero attached hydrogens (tertiary/aromatic N) is 2. The van der Waals surface area contributed by atoms with Crippen LogP contribution in [-0.2, 0) is 13.1 Å². The summed E-state index contributed by atoms with van der Waals surface area (Å²) in [6, 6.07) is 10.3. The first-order valence-electron chi connectivity index (χ1n) is 6.06. The van der Waals surface area contributed by atoms with Crippen LogP contribution < -0.4 is 0 Å². The zero-order valence-electron chi connectivity index (χ0n) is 10.5. The molecular weight excluding hydrogens is 244 g/mol. The maximum atomic E-state index is 9.14. The number of hydrogen-bond acceptors (Lipinski definition) is 4. The fourth-order valence-electron chi connectivity index (χ4n) is 1.90. The van der Waals surface area contributed by atoms with Crippen molar-refractivity contribution in [3.05, 3.63) is 52.0 Å². The summed E-state index contributed by atoms with van der Waals surface area (Å²) in [5, 5.41) is 10.2. The average molecular weight is 262 g/mol. The van der Waals surface area contributed by atoms with Crippen molar-refractivity contribution in [2.24, 2.45) is 0 Å². The number of aliphatic hydroxyl groups is 1. The van der Waals surface area contributed by atoms with Gasteiger partial charge in [-0.15, -0.1) is 11.3 Å². The molecule has 0 atom stereocenters. The lowest BCUT2D eigenvalue weighted by molar-refractivity contribution is 0.185. The second kappa shape index (κ2) is 6.64. The Hall–Kier alpha value is -1.23. The molecule has 0 bridgehead atoms.